The number of hydrogen-bond donors (Lipinski definition) is 0. The number of nitrogens with zero attached hydrogens (tertiary/aromatic N) is 1. The second-order valence-corrected chi connectivity index (χ2v) is 9.19. The molecule has 0 amide bonds. The molecule has 2 aliphatic rings. The molecule has 2 heterocycles. The van der Waals surface area contributed by atoms with Gasteiger partial charge in [0.05, 0.1) is 15.8 Å². The Kier molecular flexibility index (Phi) is 4.63. The molecule has 1 saturated carbocycles. The Hall–Kier alpha value is -0.620. The molecule has 0 radical (unpaired) electrons. The summed E-state index contributed by atoms with van der Waals surface area (Å²) >= 11 is 3.70. The molecule has 1 unspecified atom stereocenters. The van der Waals surface area contributed by atoms with E-state index >= 15 is 0 Å². The summed E-state index contributed by atoms with van der Waals surface area (Å²) in [5, 5.41) is 0. The molecule has 1 aliphatic heterocycles. The number of para-hydroxylation sites is 1. The fourth-order valence-corrected chi connectivity index (χ4v) is 5.78. The first-order chi connectivity index (χ1) is 11.2. The standard InChI is InChI=1S/C18H23NO2S2/c1-18(21-16-8-4-5-9-20-16)10-13(11-18)12-22-17-19-14-6-2-3-7-15(14)23-17/h2-3,6-7,13,16H,4-5,8-12H2,1H3/t13-,16?,18-. The minimum Gasteiger partial charge on any atom is -0.353 e. The molecule has 0 bridgehead atoms. The van der Waals surface area contributed by atoms with Gasteiger partial charge < -0.3 is 9.47 Å². The first-order valence-corrected chi connectivity index (χ1v) is 10.3. The van der Waals surface area contributed by atoms with Crippen molar-refractivity contribution in [2.75, 3.05) is 12.4 Å². The summed E-state index contributed by atoms with van der Waals surface area (Å²) in [6.07, 6.45) is 5.79. The summed E-state index contributed by atoms with van der Waals surface area (Å²) in [7, 11) is 0. The molecule has 1 saturated heterocycles. The Bertz CT molecular complexity index is 627. The molecule has 2 fully saturated rings. The van der Waals surface area contributed by atoms with Crippen LogP contribution in [0, 0.1) is 5.92 Å². The normalized spacial score (nSPS) is 31.2. The number of ether oxygens (including phenoxy) is 2. The van der Waals surface area contributed by atoms with Crippen LogP contribution in [0.1, 0.15) is 39.0 Å². The van der Waals surface area contributed by atoms with Crippen LogP contribution in [0.5, 0.6) is 0 Å². The molecular weight excluding hydrogens is 326 g/mol. The zero-order valence-corrected chi connectivity index (χ0v) is 15.1. The third kappa shape index (κ3) is 3.73. The Morgan fingerprint density at radius 1 is 1.35 bits per heavy atom. The van der Waals surface area contributed by atoms with E-state index < -0.39 is 0 Å². The van der Waals surface area contributed by atoms with E-state index in [2.05, 4.69) is 31.2 Å². The molecule has 124 valence electrons. The maximum absolute atomic E-state index is 6.20. The first kappa shape index (κ1) is 15.9. The fraction of sp³-hybridized carbons (Fsp3) is 0.611. The number of aromatic nitrogens is 1. The minimum absolute atomic E-state index is 0.0286. The molecule has 0 N–H and O–H groups in total. The van der Waals surface area contributed by atoms with E-state index in [0.29, 0.717) is 0 Å². The van der Waals surface area contributed by atoms with Crippen molar-refractivity contribution in [3.8, 4) is 0 Å². The van der Waals surface area contributed by atoms with Gasteiger partial charge in [-0.1, -0.05) is 23.9 Å². The summed E-state index contributed by atoms with van der Waals surface area (Å²) in [4.78, 5) is 4.70. The average Bonchev–Trinajstić information content (AvgIpc) is 2.94. The smallest absolute Gasteiger partial charge is 0.158 e. The lowest BCUT2D eigenvalue weighted by atomic mass is 9.73. The summed E-state index contributed by atoms with van der Waals surface area (Å²) in [6, 6.07) is 8.37. The SMILES string of the molecule is C[C@]1(OC2CCCCO2)C[C@H](CSc2nc3ccccc3s2)C1. The van der Waals surface area contributed by atoms with Gasteiger partial charge in [-0.25, -0.2) is 4.98 Å². The largest absolute Gasteiger partial charge is 0.353 e. The predicted molar refractivity (Wildman–Crippen MR) is 96.1 cm³/mol. The second-order valence-electron chi connectivity index (χ2n) is 6.90. The Morgan fingerprint density at radius 3 is 3.00 bits per heavy atom. The lowest BCUT2D eigenvalue weighted by molar-refractivity contribution is -0.248. The maximum atomic E-state index is 6.20. The van der Waals surface area contributed by atoms with Crippen LogP contribution in [0.3, 0.4) is 0 Å². The van der Waals surface area contributed by atoms with Crippen molar-refractivity contribution in [2.24, 2.45) is 5.92 Å². The summed E-state index contributed by atoms with van der Waals surface area (Å²) in [5.41, 5.74) is 1.15. The van der Waals surface area contributed by atoms with Crippen molar-refractivity contribution in [2.45, 2.75) is 55.3 Å². The van der Waals surface area contributed by atoms with Crippen LogP contribution in [0.4, 0.5) is 0 Å². The van der Waals surface area contributed by atoms with E-state index in [9.17, 15) is 0 Å². The van der Waals surface area contributed by atoms with Crippen LogP contribution in [0.25, 0.3) is 10.2 Å². The topological polar surface area (TPSA) is 31.4 Å². The van der Waals surface area contributed by atoms with Gasteiger partial charge >= 0.3 is 0 Å². The molecule has 23 heavy (non-hydrogen) atoms. The quantitative estimate of drug-likeness (QED) is 0.703. The van der Waals surface area contributed by atoms with E-state index in [0.717, 1.165) is 43.1 Å². The van der Waals surface area contributed by atoms with Crippen molar-refractivity contribution in [1.29, 1.82) is 0 Å². The van der Waals surface area contributed by atoms with Crippen molar-refractivity contribution in [3.63, 3.8) is 0 Å². The fourth-order valence-electron chi connectivity index (χ4n) is 3.60. The highest BCUT2D eigenvalue weighted by atomic mass is 32.2. The average molecular weight is 350 g/mol. The van der Waals surface area contributed by atoms with Gasteiger partial charge in [-0.15, -0.1) is 11.3 Å². The molecule has 3 nitrogen and oxygen atoms in total. The highest BCUT2D eigenvalue weighted by Gasteiger charge is 2.43. The molecule has 2 aromatic rings. The molecule has 5 heteroatoms. The third-order valence-corrected chi connectivity index (χ3v) is 7.12. The van der Waals surface area contributed by atoms with E-state index in [-0.39, 0.29) is 11.9 Å². The maximum Gasteiger partial charge on any atom is 0.158 e. The van der Waals surface area contributed by atoms with Gasteiger partial charge in [-0.3, -0.25) is 0 Å². The van der Waals surface area contributed by atoms with Crippen LogP contribution < -0.4 is 0 Å². The molecule has 0 spiro atoms. The molecule has 1 atom stereocenters. The van der Waals surface area contributed by atoms with E-state index in [1.807, 2.05) is 11.8 Å². The van der Waals surface area contributed by atoms with Gasteiger partial charge in [0.25, 0.3) is 0 Å². The van der Waals surface area contributed by atoms with Gasteiger partial charge in [0.1, 0.15) is 0 Å². The third-order valence-electron chi connectivity index (χ3n) is 4.71. The lowest BCUT2D eigenvalue weighted by Crippen LogP contribution is -2.47. The van der Waals surface area contributed by atoms with Crippen LogP contribution in [-0.4, -0.2) is 29.2 Å². The Morgan fingerprint density at radius 2 is 2.22 bits per heavy atom. The summed E-state index contributed by atoms with van der Waals surface area (Å²) < 4.78 is 14.4. The van der Waals surface area contributed by atoms with Gasteiger partial charge in [-0.2, -0.15) is 0 Å². The zero-order valence-electron chi connectivity index (χ0n) is 13.5. The number of rotatable bonds is 5. The number of thioether (sulfide) groups is 1. The zero-order chi connectivity index (χ0) is 15.7. The molecule has 4 rings (SSSR count). The van der Waals surface area contributed by atoms with E-state index in [1.165, 1.54) is 21.9 Å². The molecular formula is C18H23NO2S2. The van der Waals surface area contributed by atoms with E-state index in [1.54, 1.807) is 11.3 Å². The number of fused-ring (bicyclic) bond motifs is 1. The van der Waals surface area contributed by atoms with Gasteiger partial charge in [0.2, 0.25) is 0 Å². The number of hydrogen-bond acceptors (Lipinski definition) is 5. The number of benzene rings is 1. The monoisotopic (exact) mass is 349 g/mol. The minimum atomic E-state index is 0.0286. The Balaban J connectivity index is 1.25. The van der Waals surface area contributed by atoms with Crippen LogP contribution in [-0.2, 0) is 9.47 Å². The molecule has 1 aliphatic carbocycles. The van der Waals surface area contributed by atoms with Crippen LogP contribution in [0.15, 0.2) is 28.6 Å². The highest BCUT2D eigenvalue weighted by Crippen LogP contribution is 2.45. The molecule has 1 aromatic heterocycles. The predicted octanol–water partition coefficient (Wildman–Crippen LogP) is 5.10. The highest BCUT2D eigenvalue weighted by molar-refractivity contribution is 8.01. The van der Waals surface area contributed by atoms with Crippen LogP contribution >= 0.6 is 23.1 Å². The Labute approximate surface area is 145 Å². The number of thiazole rings is 1. The van der Waals surface area contributed by atoms with Gasteiger partial charge in [-0.05, 0) is 57.1 Å². The summed E-state index contributed by atoms with van der Waals surface area (Å²) in [5.74, 6) is 1.88. The van der Waals surface area contributed by atoms with Crippen LogP contribution in [0.2, 0.25) is 0 Å². The first-order valence-electron chi connectivity index (χ1n) is 8.48. The van der Waals surface area contributed by atoms with Crippen molar-refractivity contribution < 1.29 is 9.47 Å². The van der Waals surface area contributed by atoms with E-state index in [4.69, 9.17) is 14.5 Å². The molecule has 1 aromatic carbocycles. The summed E-state index contributed by atoms with van der Waals surface area (Å²) in [6.45, 7) is 3.10. The van der Waals surface area contributed by atoms with Gasteiger partial charge in [0, 0.05) is 12.4 Å². The van der Waals surface area contributed by atoms with Gasteiger partial charge in [0.15, 0.2) is 10.6 Å². The van der Waals surface area contributed by atoms with Crippen molar-refractivity contribution in [1.82, 2.24) is 4.98 Å². The second kappa shape index (κ2) is 6.71. The van der Waals surface area contributed by atoms with Crippen molar-refractivity contribution >= 4 is 33.3 Å². The lowest BCUT2D eigenvalue weighted by Gasteiger charge is -2.47. The van der Waals surface area contributed by atoms with Crippen molar-refractivity contribution in [3.05, 3.63) is 24.3 Å².